The molecule has 76 valence electrons. The third-order valence-electron chi connectivity index (χ3n) is 2.34. The summed E-state index contributed by atoms with van der Waals surface area (Å²) < 4.78 is 0. The number of nitrogens with one attached hydrogen (secondary N) is 2. The fraction of sp³-hybridized carbons (Fsp3) is 0.333. The highest BCUT2D eigenvalue weighted by Crippen LogP contribution is 2.14. The lowest BCUT2D eigenvalue weighted by molar-refractivity contribution is 0.959. The van der Waals surface area contributed by atoms with Crippen LogP contribution in [0.3, 0.4) is 0 Å². The minimum atomic E-state index is 1.15. The summed E-state index contributed by atoms with van der Waals surface area (Å²) in [4.78, 5) is 0. The van der Waals surface area contributed by atoms with Gasteiger partial charge in [0, 0.05) is 19.8 Å². The van der Waals surface area contributed by atoms with Crippen molar-refractivity contribution in [2.45, 2.75) is 13.8 Å². The maximum atomic E-state index is 3.21. The van der Waals surface area contributed by atoms with E-state index in [0.29, 0.717) is 0 Å². The van der Waals surface area contributed by atoms with Crippen molar-refractivity contribution < 1.29 is 0 Å². The van der Waals surface area contributed by atoms with E-state index >= 15 is 0 Å². The number of benzene rings is 1. The minimum Gasteiger partial charge on any atom is -0.390 e. The molecule has 2 N–H and O–H groups in total. The Hall–Kier alpha value is -1.44. The molecule has 0 radical (unpaired) electrons. The number of aryl methyl sites for hydroxylation is 1. The van der Waals surface area contributed by atoms with Crippen LogP contribution in [0, 0.1) is 6.92 Å². The highest BCUT2D eigenvalue weighted by molar-refractivity contribution is 5.66. The normalized spacial score (nSPS) is 12.0. The molecule has 0 heterocycles. The van der Waals surface area contributed by atoms with E-state index < -0.39 is 0 Å². The molecular formula is C12H18N2. The number of hydrogen-bond donors (Lipinski definition) is 2. The SMILES string of the molecule is CNC(C)=C(NC)c1ccc(C)cc1. The van der Waals surface area contributed by atoms with Crippen molar-refractivity contribution in [3.05, 3.63) is 41.1 Å². The molecule has 0 atom stereocenters. The zero-order chi connectivity index (χ0) is 10.6. The maximum Gasteiger partial charge on any atom is 0.0600 e. The van der Waals surface area contributed by atoms with E-state index in [1.54, 1.807) is 0 Å². The second-order valence-corrected chi connectivity index (χ2v) is 3.37. The molecule has 0 spiro atoms. The molecule has 0 aliphatic carbocycles. The van der Waals surface area contributed by atoms with Crippen LogP contribution in [0.15, 0.2) is 30.0 Å². The molecule has 0 saturated heterocycles. The van der Waals surface area contributed by atoms with E-state index in [4.69, 9.17) is 0 Å². The van der Waals surface area contributed by atoms with Crippen molar-refractivity contribution in [3.8, 4) is 0 Å². The summed E-state index contributed by atoms with van der Waals surface area (Å²) >= 11 is 0. The second-order valence-electron chi connectivity index (χ2n) is 3.37. The van der Waals surface area contributed by atoms with E-state index in [-0.39, 0.29) is 0 Å². The molecule has 14 heavy (non-hydrogen) atoms. The summed E-state index contributed by atoms with van der Waals surface area (Å²) in [6, 6.07) is 8.50. The van der Waals surface area contributed by atoms with E-state index in [2.05, 4.69) is 48.7 Å². The average Bonchev–Trinajstić information content (AvgIpc) is 2.21. The highest BCUT2D eigenvalue weighted by Gasteiger charge is 2.01. The van der Waals surface area contributed by atoms with E-state index in [9.17, 15) is 0 Å². The Morgan fingerprint density at radius 3 is 2.00 bits per heavy atom. The smallest absolute Gasteiger partial charge is 0.0600 e. The molecule has 0 saturated carbocycles. The van der Waals surface area contributed by atoms with Crippen molar-refractivity contribution >= 4 is 5.70 Å². The molecule has 2 nitrogen and oxygen atoms in total. The van der Waals surface area contributed by atoms with Crippen molar-refractivity contribution in [1.82, 2.24) is 10.6 Å². The monoisotopic (exact) mass is 190 g/mol. The fourth-order valence-electron chi connectivity index (χ4n) is 1.39. The number of allylic oxidation sites excluding steroid dienone is 1. The average molecular weight is 190 g/mol. The summed E-state index contributed by atoms with van der Waals surface area (Å²) in [5.74, 6) is 0. The summed E-state index contributed by atoms with van der Waals surface area (Å²) in [5, 5.41) is 6.35. The summed E-state index contributed by atoms with van der Waals surface area (Å²) in [5.41, 5.74) is 4.79. The highest BCUT2D eigenvalue weighted by atomic mass is 14.9. The predicted molar refractivity (Wildman–Crippen MR) is 61.9 cm³/mol. The Balaban J connectivity index is 3.08. The first-order chi connectivity index (χ1) is 6.69. The Bertz CT molecular complexity index is 323. The van der Waals surface area contributed by atoms with Crippen molar-refractivity contribution in [2.75, 3.05) is 14.1 Å². The van der Waals surface area contributed by atoms with Gasteiger partial charge in [-0.1, -0.05) is 29.8 Å². The molecule has 0 bridgehead atoms. The quantitative estimate of drug-likeness (QED) is 0.763. The van der Waals surface area contributed by atoms with Gasteiger partial charge in [-0.15, -0.1) is 0 Å². The third kappa shape index (κ3) is 2.28. The van der Waals surface area contributed by atoms with Crippen molar-refractivity contribution in [2.24, 2.45) is 0 Å². The molecule has 1 aromatic rings. The minimum absolute atomic E-state index is 1.15. The Labute approximate surface area is 86.0 Å². The van der Waals surface area contributed by atoms with E-state index in [1.807, 2.05) is 14.1 Å². The Morgan fingerprint density at radius 2 is 1.57 bits per heavy atom. The first kappa shape index (κ1) is 10.6. The molecule has 1 rings (SSSR count). The Morgan fingerprint density at radius 1 is 1.00 bits per heavy atom. The lowest BCUT2D eigenvalue weighted by atomic mass is 10.1. The van der Waals surface area contributed by atoms with Crippen LogP contribution in [0.5, 0.6) is 0 Å². The van der Waals surface area contributed by atoms with Gasteiger partial charge in [0.05, 0.1) is 5.70 Å². The molecule has 1 aromatic carbocycles. The first-order valence-electron chi connectivity index (χ1n) is 4.82. The van der Waals surface area contributed by atoms with Crippen LogP contribution in [-0.4, -0.2) is 14.1 Å². The topological polar surface area (TPSA) is 24.1 Å². The summed E-state index contributed by atoms with van der Waals surface area (Å²) in [6.07, 6.45) is 0. The fourth-order valence-corrected chi connectivity index (χ4v) is 1.39. The van der Waals surface area contributed by atoms with Crippen LogP contribution < -0.4 is 10.6 Å². The van der Waals surface area contributed by atoms with E-state index in [0.717, 1.165) is 11.4 Å². The van der Waals surface area contributed by atoms with Gasteiger partial charge >= 0.3 is 0 Å². The van der Waals surface area contributed by atoms with Gasteiger partial charge in [-0.3, -0.25) is 0 Å². The van der Waals surface area contributed by atoms with Crippen LogP contribution in [0.4, 0.5) is 0 Å². The van der Waals surface area contributed by atoms with Crippen LogP contribution >= 0.6 is 0 Å². The van der Waals surface area contributed by atoms with Crippen molar-refractivity contribution in [1.29, 1.82) is 0 Å². The molecule has 0 aromatic heterocycles. The molecule has 0 unspecified atom stereocenters. The zero-order valence-corrected chi connectivity index (χ0v) is 9.31. The van der Waals surface area contributed by atoms with Crippen LogP contribution in [-0.2, 0) is 0 Å². The van der Waals surface area contributed by atoms with Crippen LogP contribution in [0.25, 0.3) is 5.70 Å². The number of hydrogen-bond acceptors (Lipinski definition) is 2. The van der Waals surface area contributed by atoms with Gasteiger partial charge in [-0.05, 0) is 19.4 Å². The van der Waals surface area contributed by atoms with Crippen molar-refractivity contribution in [3.63, 3.8) is 0 Å². The van der Waals surface area contributed by atoms with Gasteiger partial charge in [-0.2, -0.15) is 0 Å². The lowest BCUT2D eigenvalue weighted by Gasteiger charge is -2.12. The molecule has 2 heteroatoms. The molecule has 0 aliphatic heterocycles. The Kier molecular flexibility index (Phi) is 3.57. The molecule has 0 amide bonds. The van der Waals surface area contributed by atoms with Gasteiger partial charge in [0.1, 0.15) is 0 Å². The van der Waals surface area contributed by atoms with Gasteiger partial charge in [-0.25, -0.2) is 0 Å². The number of rotatable bonds is 3. The van der Waals surface area contributed by atoms with Crippen LogP contribution in [0.2, 0.25) is 0 Å². The molecule has 0 aliphatic rings. The first-order valence-corrected chi connectivity index (χ1v) is 4.82. The van der Waals surface area contributed by atoms with Gasteiger partial charge in [0.2, 0.25) is 0 Å². The lowest BCUT2D eigenvalue weighted by Crippen LogP contribution is -2.14. The van der Waals surface area contributed by atoms with Gasteiger partial charge in [0.15, 0.2) is 0 Å². The van der Waals surface area contributed by atoms with Gasteiger partial charge < -0.3 is 10.6 Å². The third-order valence-corrected chi connectivity index (χ3v) is 2.34. The summed E-state index contributed by atoms with van der Waals surface area (Å²) in [6.45, 7) is 4.16. The predicted octanol–water partition coefficient (Wildman–Crippen LogP) is 2.12. The van der Waals surface area contributed by atoms with E-state index in [1.165, 1.54) is 11.1 Å². The van der Waals surface area contributed by atoms with Gasteiger partial charge in [0.25, 0.3) is 0 Å². The largest absolute Gasteiger partial charge is 0.390 e. The van der Waals surface area contributed by atoms with Crippen LogP contribution in [0.1, 0.15) is 18.1 Å². The summed E-state index contributed by atoms with van der Waals surface area (Å²) in [7, 11) is 3.87. The molecule has 0 fully saturated rings. The standard InChI is InChI=1S/C12H18N2/c1-9-5-7-11(8-6-9)12(14-4)10(2)13-3/h5-8,13-14H,1-4H3. The zero-order valence-electron chi connectivity index (χ0n) is 9.31. The second kappa shape index (κ2) is 4.70. The molecular weight excluding hydrogens is 172 g/mol. The maximum absolute atomic E-state index is 3.21.